The maximum Gasteiger partial charge on any atom is 0.203 e. The predicted octanol–water partition coefficient (Wildman–Crippen LogP) is 2.19. The van der Waals surface area contributed by atoms with E-state index in [0.717, 1.165) is 12.2 Å². The van der Waals surface area contributed by atoms with Gasteiger partial charge in [0.1, 0.15) is 6.10 Å². The molecule has 19 heavy (non-hydrogen) atoms. The van der Waals surface area contributed by atoms with Gasteiger partial charge >= 0.3 is 0 Å². The van der Waals surface area contributed by atoms with Crippen molar-refractivity contribution in [2.45, 2.75) is 19.1 Å². The molecule has 106 valence electrons. The van der Waals surface area contributed by atoms with E-state index in [1.54, 1.807) is 21.3 Å². The highest BCUT2D eigenvalue weighted by atomic mass is 16.6. The molecule has 0 amide bonds. The zero-order valence-corrected chi connectivity index (χ0v) is 11.8. The first-order valence-electron chi connectivity index (χ1n) is 6.22. The Hall–Kier alpha value is -1.46. The van der Waals surface area contributed by atoms with Crippen LogP contribution in [-0.2, 0) is 9.47 Å². The Morgan fingerprint density at radius 2 is 1.74 bits per heavy atom. The Kier molecular flexibility index (Phi) is 4.50. The van der Waals surface area contributed by atoms with Crippen LogP contribution < -0.4 is 14.2 Å². The summed E-state index contributed by atoms with van der Waals surface area (Å²) in [6.45, 7) is 3.39. The highest BCUT2D eigenvalue weighted by Gasteiger charge is 2.24. The maximum atomic E-state index is 5.75. The SMILES string of the molecule is COc1cc([C@@H](C)OC[C@@H]2CO2)cc(OC)c1OC. The molecule has 5 heteroatoms. The molecule has 0 spiro atoms. The number of ether oxygens (including phenoxy) is 5. The fraction of sp³-hybridized carbons (Fsp3) is 0.571. The smallest absolute Gasteiger partial charge is 0.203 e. The summed E-state index contributed by atoms with van der Waals surface area (Å²) in [5, 5.41) is 0. The van der Waals surface area contributed by atoms with E-state index in [9.17, 15) is 0 Å². The second-order valence-corrected chi connectivity index (χ2v) is 4.39. The van der Waals surface area contributed by atoms with Gasteiger partial charge in [0.05, 0.1) is 40.6 Å². The molecule has 2 rings (SSSR count). The first-order chi connectivity index (χ1) is 9.19. The van der Waals surface area contributed by atoms with Gasteiger partial charge in [-0.25, -0.2) is 0 Å². The summed E-state index contributed by atoms with van der Waals surface area (Å²) < 4.78 is 26.8. The molecule has 0 aliphatic carbocycles. The predicted molar refractivity (Wildman–Crippen MR) is 70.2 cm³/mol. The van der Waals surface area contributed by atoms with Crippen molar-refractivity contribution in [1.29, 1.82) is 0 Å². The Bertz CT molecular complexity index is 403. The van der Waals surface area contributed by atoms with Crippen LogP contribution in [0.1, 0.15) is 18.6 Å². The van der Waals surface area contributed by atoms with Crippen molar-refractivity contribution in [2.75, 3.05) is 34.5 Å². The van der Waals surface area contributed by atoms with Gasteiger partial charge in [0.25, 0.3) is 0 Å². The lowest BCUT2D eigenvalue weighted by Gasteiger charge is -2.18. The number of epoxide rings is 1. The van der Waals surface area contributed by atoms with Crippen molar-refractivity contribution in [2.24, 2.45) is 0 Å². The van der Waals surface area contributed by atoms with Gasteiger partial charge in [-0.1, -0.05) is 0 Å². The van der Waals surface area contributed by atoms with Crippen molar-refractivity contribution >= 4 is 0 Å². The summed E-state index contributed by atoms with van der Waals surface area (Å²) in [6.07, 6.45) is 0.197. The van der Waals surface area contributed by atoms with Crippen molar-refractivity contribution in [3.8, 4) is 17.2 Å². The normalized spacial score (nSPS) is 18.8. The van der Waals surface area contributed by atoms with E-state index in [-0.39, 0.29) is 12.2 Å². The minimum Gasteiger partial charge on any atom is -0.493 e. The zero-order valence-electron chi connectivity index (χ0n) is 11.8. The number of methoxy groups -OCH3 is 3. The number of rotatable bonds is 7. The second-order valence-electron chi connectivity index (χ2n) is 4.39. The van der Waals surface area contributed by atoms with Crippen molar-refractivity contribution in [3.63, 3.8) is 0 Å². The third-order valence-corrected chi connectivity index (χ3v) is 3.09. The molecule has 0 radical (unpaired) electrons. The summed E-state index contributed by atoms with van der Waals surface area (Å²) in [4.78, 5) is 0. The van der Waals surface area contributed by atoms with E-state index < -0.39 is 0 Å². The van der Waals surface area contributed by atoms with E-state index in [0.29, 0.717) is 23.9 Å². The fourth-order valence-corrected chi connectivity index (χ4v) is 1.85. The molecular formula is C14H20O5. The van der Waals surface area contributed by atoms with E-state index in [1.807, 2.05) is 19.1 Å². The Morgan fingerprint density at radius 1 is 1.16 bits per heavy atom. The zero-order chi connectivity index (χ0) is 13.8. The van der Waals surface area contributed by atoms with E-state index >= 15 is 0 Å². The third-order valence-electron chi connectivity index (χ3n) is 3.09. The summed E-state index contributed by atoms with van der Waals surface area (Å²) in [5.74, 6) is 1.86. The summed E-state index contributed by atoms with van der Waals surface area (Å²) >= 11 is 0. The summed E-state index contributed by atoms with van der Waals surface area (Å²) in [6, 6.07) is 3.81. The standard InChI is InChI=1S/C14H20O5/c1-9(18-7-11-8-19-11)10-5-12(15-2)14(17-4)13(6-10)16-3/h5-6,9,11H,7-8H2,1-4H3/t9-,11-/m1/s1. The van der Waals surface area contributed by atoms with Gasteiger partial charge in [0, 0.05) is 0 Å². The Labute approximate surface area is 113 Å². The minimum absolute atomic E-state index is 0.0575. The maximum absolute atomic E-state index is 5.75. The Morgan fingerprint density at radius 3 is 2.16 bits per heavy atom. The van der Waals surface area contributed by atoms with Gasteiger partial charge in [0.15, 0.2) is 11.5 Å². The largest absolute Gasteiger partial charge is 0.493 e. The van der Waals surface area contributed by atoms with Gasteiger partial charge < -0.3 is 23.7 Å². The van der Waals surface area contributed by atoms with Crippen LogP contribution in [0, 0.1) is 0 Å². The molecule has 0 unspecified atom stereocenters. The molecule has 0 saturated carbocycles. The molecule has 2 atom stereocenters. The van der Waals surface area contributed by atoms with Crippen LogP contribution in [-0.4, -0.2) is 40.6 Å². The fourth-order valence-electron chi connectivity index (χ4n) is 1.85. The van der Waals surface area contributed by atoms with Crippen LogP contribution >= 0.6 is 0 Å². The topological polar surface area (TPSA) is 49.5 Å². The van der Waals surface area contributed by atoms with Gasteiger partial charge in [-0.3, -0.25) is 0 Å². The molecule has 1 aromatic rings. The molecule has 1 saturated heterocycles. The van der Waals surface area contributed by atoms with Crippen LogP contribution in [0.4, 0.5) is 0 Å². The van der Waals surface area contributed by atoms with Crippen LogP contribution in [0.15, 0.2) is 12.1 Å². The molecule has 0 N–H and O–H groups in total. The molecule has 0 aromatic heterocycles. The Balaban J connectivity index is 2.18. The summed E-state index contributed by atoms with van der Waals surface area (Å²) in [5.41, 5.74) is 0.982. The number of benzene rings is 1. The molecule has 1 heterocycles. The van der Waals surface area contributed by atoms with Crippen LogP contribution in [0.3, 0.4) is 0 Å². The average molecular weight is 268 g/mol. The first-order valence-corrected chi connectivity index (χ1v) is 6.22. The number of hydrogen-bond donors (Lipinski definition) is 0. The monoisotopic (exact) mass is 268 g/mol. The van der Waals surface area contributed by atoms with Gasteiger partial charge in [-0.05, 0) is 24.6 Å². The molecule has 1 aromatic carbocycles. The van der Waals surface area contributed by atoms with E-state index in [4.69, 9.17) is 23.7 Å². The van der Waals surface area contributed by atoms with Gasteiger partial charge in [-0.2, -0.15) is 0 Å². The second kappa shape index (κ2) is 6.12. The average Bonchev–Trinajstić information content (AvgIpc) is 3.27. The molecule has 0 bridgehead atoms. The molecule has 5 nitrogen and oxygen atoms in total. The van der Waals surface area contributed by atoms with Crippen molar-refractivity contribution < 1.29 is 23.7 Å². The van der Waals surface area contributed by atoms with Crippen LogP contribution in [0.25, 0.3) is 0 Å². The van der Waals surface area contributed by atoms with E-state index in [2.05, 4.69) is 0 Å². The lowest BCUT2D eigenvalue weighted by Crippen LogP contribution is -2.07. The van der Waals surface area contributed by atoms with E-state index in [1.165, 1.54) is 0 Å². The van der Waals surface area contributed by atoms with Gasteiger partial charge in [0.2, 0.25) is 5.75 Å². The van der Waals surface area contributed by atoms with Crippen molar-refractivity contribution in [1.82, 2.24) is 0 Å². The third kappa shape index (κ3) is 3.30. The first kappa shape index (κ1) is 14.0. The highest BCUT2D eigenvalue weighted by molar-refractivity contribution is 5.54. The highest BCUT2D eigenvalue weighted by Crippen LogP contribution is 2.40. The molecule has 1 fully saturated rings. The van der Waals surface area contributed by atoms with Crippen molar-refractivity contribution in [3.05, 3.63) is 17.7 Å². The number of hydrogen-bond acceptors (Lipinski definition) is 5. The lowest BCUT2D eigenvalue weighted by atomic mass is 10.1. The molecule has 1 aliphatic heterocycles. The minimum atomic E-state index is -0.0575. The quantitative estimate of drug-likeness (QED) is 0.709. The molecule has 1 aliphatic rings. The van der Waals surface area contributed by atoms with Crippen LogP contribution in [0.5, 0.6) is 17.2 Å². The lowest BCUT2D eigenvalue weighted by molar-refractivity contribution is 0.0536. The van der Waals surface area contributed by atoms with Crippen LogP contribution in [0.2, 0.25) is 0 Å². The molecular weight excluding hydrogens is 248 g/mol. The summed E-state index contributed by atoms with van der Waals surface area (Å²) in [7, 11) is 4.79. The van der Waals surface area contributed by atoms with Gasteiger partial charge in [-0.15, -0.1) is 0 Å².